The molecule has 0 amide bonds. The summed E-state index contributed by atoms with van der Waals surface area (Å²) < 4.78 is 3.31. The van der Waals surface area contributed by atoms with Crippen molar-refractivity contribution in [3.05, 3.63) is 11.1 Å². The molecule has 192 valence electrons. The molecule has 0 aliphatic heterocycles. The van der Waals surface area contributed by atoms with Gasteiger partial charge in [-0.2, -0.15) is 0 Å². The van der Waals surface area contributed by atoms with Gasteiger partial charge in [0.25, 0.3) is 0 Å². The maximum absolute atomic E-state index is 10.9. The first-order valence-corrected chi connectivity index (χ1v) is 17.8. The van der Waals surface area contributed by atoms with Crippen LogP contribution >= 0.6 is 0 Å². The van der Waals surface area contributed by atoms with E-state index in [0.29, 0.717) is 12.8 Å². The molecule has 0 rings (SSSR count). The van der Waals surface area contributed by atoms with Crippen LogP contribution < -0.4 is 10.2 Å². The molecule has 0 aliphatic carbocycles. The van der Waals surface area contributed by atoms with Crippen LogP contribution in [0.4, 0.5) is 0 Å². The van der Waals surface area contributed by atoms with Crippen LogP contribution in [0.3, 0.4) is 0 Å². The molecule has 0 aromatic heterocycles. The number of carboxylic acid groups (broad SMARTS) is 2. The van der Waals surface area contributed by atoms with Crippen LogP contribution in [-0.4, -0.2) is 33.1 Å². The van der Waals surface area contributed by atoms with Gasteiger partial charge < -0.3 is 19.8 Å². The molecule has 0 fully saturated rings. The van der Waals surface area contributed by atoms with Gasteiger partial charge in [-0.15, -0.1) is 0 Å². The third-order valence-corrected chi connectivity index (χ3v) is 9.87. The summed E-state index contributed by atoms with van der Waals surface area (Å²) in [6.45, 7) is 8.43. The fraction of sp³-hybridized carbons (Fsp3) is 0.857. The van der Waals surface area contributed by atoms with E-state index in [1.165, 1.54) is 64.2 Å². The van der Waals surface area contributed by atoms with E-state index in [9.17, 15) is 19.8 Å². The third kappa shape index (κ3) is 24.4. The van der Waals surface area contributed by atoms with Gasteiger partial charge in [0, 0.05) is 0 Å². The first-order chi connectivity index (χ1) is 16.0. The van der Waals surface area contributed by atoms with E-state index < -0.39 is 11.9 Å². The van der Waals surface area contributed by atoms with E-state index in [1.807, 2.05) is 13.8 Å². The van der Waals surface area contributed by atoms with Gasteiger partial charge in [0.15, 0.2) is 0 Å². The molecule has 0 aliphatic rings. The summed E-state index contributed by atoms with van der Waals surface area (Å²) >= 11 is 0.0736. The number of carbonyl (C=O) groups excluding carboxylic acids is 2. The quantitative estimate of drug-likeness (QED) is 0.0855. The zero-order chi connectivity index (χ0) is 25.2. The van der Waals surface area contributed by atoms with Crippen molar-refractivity contribution in [2.45, 2.75) is 152 Å². The average Bonchev–Trinajstić information content (AvgIpc) is 2.79. The molecule has 0 heterocycles. The van der Waals surface area contributed by atoms with Crippen molar-refractivity contribution >= 4 is 33.1 Å². The molecule has 0 N–H and O–H groups in total. The van der Waals surface area contributed by atoms with Crippen molar-refractivity contribution in [2.24, 2.45) is 0 Å². The number of hydrogen-bond donors (Lipinski definition) is 0. The SMILES string of the molecule is CCCC/C(C(=O)[O-])=C(\CCCC)C(=O)[O-].CCCCCCC[CH2][Sn+2][CH2]CCCCCCC. The van der Waals surface area contributed by atoms with Crippen LogP contribution in [0.1, 0.15) is 143 Å². The van der Waals surface area contributed by atoms with Gasteiger partial charge in [-0.25, -0.2) is 0 Å². The normalized spacial score (nSPS) is 11.3. The topological polar surface area (TPSA) is 80.3 Å². The molecule has 0 saturated heterocycles. The molecule has 0 spiro atoms. The zero-order valence-corrected chi connectivity index (χ0v) is 25.1. The van der Waals surface area contributed by atoms with Crippen molar-refractivity contribution in [3.8, 4) is 0 Å². The molecule has 5 heteroatoms. The molecule has 4 nitrogen and oxygen atoms in total. The predicted molar refractivity (Wildman–Crippen MR) is 138 cm³/mol. The van der Waals surface area contributed by atoms with E-state index in [2.05, 4.69) is 13.8 Å². The second-order valence-electron chi connectivity index (χ2n) is 9.02. The van der Waals surface area contributed by atoms with Crippen LogP contribution in [-0.2, 0) is 9.59 Å². The van der Waals surface area contributed by atoms with E-state index in [1.54, 1.807) is 21.7 Å². The van der Waals surface area contributed by atoms with Crippen molar-refractivity contribution < 1.29 is 19.8 Å². The first kappa shape index (κ1) is 34.6. The van der Waals surface area contributed by atoms with E-state index in [4.69, 9.17) is 0 Å². The monoisotopic (exact) mass is 572 g/mol. The van der Waals surface area contributed by atoms with Crippen LogP contribution in [0.15, 0.2) is 11.1 Å². The summed E-state index contributed by atoms with van der Waals surface area (Å²) in [5, 5.41) is 21.7. The summed E-state index contributed by atoms with van der Waals surface area (Å²) in [6.07, 6.45) is 21.2. The maximum atomic E-state index is 10.9. The number of rotatable bonds is 22. The van der Waals surface area contributed by atoms with Gasteiger partial charge in [-0.3, -0.25) is 0 Å². The van der Waals surface area contributed by atoms with Gasteiger partial charge in [0.05, 0.1) is 11.9 Å². The Hall–Kier alpha value is -0.521. The minimum atomic E-state index is -1.39. The minimum absolute atomic E-state index is 0.0736. The first-order valence-electron chi connectivity index (χ1n) is 13.8. The molecule has 0 atom stereocenters. The number of carboxylic acids is 2. The Kier molecular flexibility index (Phi) is 29.1. The second kappa shape index (κ2) is 27.7. The Labute approximate surface area is 215 Å². The standard InChI is InChI=1S/C12H20O4.2C8H17.Sn/c1-3-5-7-9(11(13)14)10(12(15)16)8-6-4-2;2*1-3-5-7-8-6-4-2;/h3-8H2,1-2H3,(H,13,14)(H,15,16);2*1,3-8H2,2H3;/q;;;+2/p-2/b10-9-;;;. The van der Waals surface area contributed by atoms with Crippen LogP contribution in [0.2, 0.25) is 8.87 Å². The fourth-order valence-corrected chi connectivity index (χ4v) is 7.21. The van der Waals surface area contributed by atoms with Crippen molar-refractivity contribution in [1.29, 1.82) is 0 Å². The van der Waals surface area contributed by atoms with Crippen LogP contribution in [0.25, 0.3) is 0 Å². The Morgan fingerprint density at radius 3 is 1.09 bits per heavy atom. The molecule has 0 radical (unpaired) electrons. The number of carbonyl (C=O) groups is 2. The summed E-state index contributed by atoms with van der Waals surface area (Å²) in [5.41, 5.74) is -0.203. The van der Waals surface area contributed by atoms with Gasteiger partial charge >= 0.3 is 121 Å². The van der Waals surface area contributed by atoms with Gasteiger partial charge in [-0.05, 0) is 36.8 Å². The Morgan fingerprint density at radius 1 is 0.485 bits per heavy atom. The molecular weight excluding hydrogens is 519 g/mol. The molecule has 0 aromatic rings. The molecule has 33 heavy (non-hydrogen) atoms. The van der Waals surface area contributed by atoms with E-state index in [0.717, 1.165) is 12.8 Å². The number of aliphatic carboxylic acids is 2. The van der Waals surface area contributed by atoms with Crippen molar-refractivity contribution in [3.63, 3.8) is 0 Å². The van der Waals surface area contributed by atoms with Gasteiger partial charge in [0.1, 0.15) is 0 Å². The molecule has 0 bridgehead atoms. The summed E-state index contributed by atoms with van der Waals surface area (Å²) in [5.74, 6) is -2.77. The third-order valence-electron chi connectivity index (χ3n) is 5.83. The molecule has 0 aromatic carbocycles. The molecular formula is C28H52O4Sn. The zero-order valence-electron chi connectivity index (χ0n) is 22.3. The van der Waals surface area contributed by atoms with E-state index in [-0.39, 0.29) is 45.1 Å². The van der Waals surface area contributed by atoms with Crippen molar-refractivity contribution in [1.82, 2.24) is 0 Å². The second-order valence-corrected chi connectivity index (χ2v) is 13.3. The Morgan fingerprint density at radius 2 is 0.788 bits per heavy atom. The number of unbranched alkanes of at least 4 members (excludes halogenated alkanes) is 12. The van der Waals surface area contributed by atoms with Crippen molar-refractivity contribution in [2.75, 3.05) is 0 Å². The molecule has 0 saturated carbocycles. The van der Waals surface area contributed by atoms with E-state index >= 15 is 0 Å². The number of hydrogen-bond acceptors (Lipinski definition) is 4. The Balaban J connectivity index is 0. The summed E-state index contributed by atoms with van der Waals surface area (Å²) in [4.78, 5) is 21.7. The average molecular weight is 571 g/mol. The predicted octanol–water partition coefficient (Wildman–Crippen LogP) is 6.41. The fourth-order valence-electron chi connectivity index (χ4n) is 3.65. The van der Waals surface area contributed by atoms with Gasteiger partial charge in [0.2, 0.25) is 0 Å². The Bertz CT molecular complexity index is 446. The summed E-state index contributed by atoms with van der Waals surface area (Å²) in [7, 11) is 0. The molecule has 0 unspecified atom stereocenters. The van der Waals surface area contributed by atoms with Crippen LogP contribution in [0, 0.1) is 0 Å². The van der Waals surface area contributed by atoms with Crippen LogP contribution in [0.5, 0.6) is 0 Å². The summed E-state index contributed by atoms with van der Waals surface area (Å²) in [6, 6.07) is 0. The van der Waals surface area contributed by atoms with Gasteiger partial charge in [-0.1, -0.05) is 26.7 Å².